The largest absolute Gasteiger partial charge is 0.367 e. The maximum Gasteiger partial charge on any atom is 0.236 e. The molecular weight excluding hydrogens is 946 g/mol. The van der Waals surface area contributed by atoms with E-state index in [1.165, 1.54) is 15.9 Å². The SMILES string of the molecule is O=S(=O)(/C=C/c1ccccc1)N1CCCC(CNc2nc(-c3c[nH]c4ncc(Cl)cc34)ncc2F)C1.O=S(=O)(C1CC1)N1CCCC(CNc2nc(-c3c[nH]c4ncc(Cl)cc34)ncc2F)C1. The van der Waals surface area contributed by atoms with E-state index in [1.807, 2.05) is 30.3 Å². The van der Waals surface area contributed by atoms with E-state index >= 15 is 0 Å². The Balaban J connectivity index is 0.000000170. The van der Waals surface area contributed by atoms with Crippen LogP contribution in [-0.2, 0) is 20.0 Å². The zero-order valence-corrected chi connectivity index (χ0v) is 39.1. The number of nitrogens with zero attached hydrogens (tertiary/aromatic N) is 8. The summed E-state index contributed by atoms with van der Waals surface area (Å²) >= 11 is 12.1. The summed E-state index contributed by atoms with van der Waals surface area (Å²) < 4.78 is 82.8. The number of nitrogens with one attached hydrogen (secondary N) is 4. The number of hydrogen-bond donors (Lipinski definition) is 4. The van der Waals surface area contributed by atoms with Gasteiger partial charge in [-0.25, -0.2) is 59.8 Å². The fourth-order valence-corrected chi connectivity index (χ4v) is 11.9. The average molecular weight is 992 g/mol. The van der Waals surface area contributed by atoms with Crippen LogP contribution in [0, 0.1) is 23.5 Å². The molecule has 0 amide bonds. The van der Waals surface area contributed by atoms with Crippen LogP contribution < -0.4 is 10.6 Å². The molecule has 2 atom stereocenters. The molecule has 0 bridgehead atoms. The summed E-state index contributed by atoms with van der Waals surface area (Å²) in [6.45, 7) is 2.65. The van der Waals surface area contributed by atoms with E-state index in [4.69, 9.17) is 23.2 Å². The highest BCUT2D eigenvalue weighted by atomic mass is 35.5. The summed E-state index contributed by atoms with van der Waals surface area (Å²) in [5.41, 5.74) is 3.41. The Morgan fingerprint density at radius 2 is 1.19 bits per heavy atom. The molecule has 22 heteroatoms. The first kappa shape index (κ1) is 46.5. The standard InChI is InChI=1S/C25H24ClFN6O2S.C20H22ClFN6O2S/c26-19-11-20-21(14-30-23(20)29-13-19)24-31-15-22(27)25(32-24)28-12-18-7-4-9-33(16-18)36(34,35)10-8-17-5-2-1-3-6-17;21-13-6-15-16(9-25-18(15)24-8-13)19-26-10-17(22)20(27-19)23-7-12-2-1-5-28(11-12)31(29,30)14-3-4-14/h1-3,5-6,8,10-11,13-15,18H,4,7,9,12,16H2,(H,29,30)(H,28,31,32);6,8-10,12,14H,1-5,7,11H2,(H,24,25)(H,23,26,27)/b10-8+;. The van der Waals surface area contributed by atoms with Gasteiger partial charge in [0.05, 0.1) is 27.7 Å². The van der Waals surface area contributed by atoms with Crippen molar-refractivity contribution in [3.05, 3.63) is 112 Å². The first-order chi connectivity index (χ1) is 32.3. The van der Waals surface area contributed by atoms with E-state index in [-0.39, 0.29) is 28.7 Å². The van der Waals surface area contributed by atoms with E-state index in [9.17, 15) is 25.6 Å². The molecule has 4 N–H and O–H groups in total. The van der Waals surface area contributed by atoms with E-state index in [0.717, 1.165) is 67.3 Å². The Kier molecular flexibility index (Phi) is 13.8. The molecule has 1 aromatic carbocycles. The smallest absolute Gasteiger partial charge is 0.236 e. The van der Waals surface area contributed by atoms with Crippen LogP contribution in [0.4, 0.5) is 20.4 Å². The second kappa shape index (κ2) is 19.9. The maximum atomic E-state index is 14.5. The van der Waals surface area contributed by atoms with Gasteiger partial charge in [0.2, 0.25) is 20.0 Å². The van der Waals surface area contributed by atoms with Gasteiger partial charge in [0.25, 0.3) is 0 Å². The van der Waals surface area contributed by atoms with Gasteiger partial charge in [-0.05, 0) is 74.1 Å². The highest BCUT2D eigenvalue weighted by molar-refractivity contribution is 7.92. The van der Waals surface area contributed by atoms with Gasteiger partial charge in [-0.2, -0.15) is 4.31 Å². The molecule has 2 unspecified atom stereocenters. The summed E-state index contributed by atoms with van der Waals surface area (Å²) in [7, 11) is -6.75. The van der Waals surface area contributed by atoms with Crippen molar-refractivity contribution in [2.45, 2.75) is 43.8 Å². The van der Waals surface area contributed by atoms with Gasteiger partial charge in [0.15, 0.2) is 34.9 Å². The third kappa shape index (κ3) is 10.9. The first-order valence-corrected chi connectivity index (χ1v) is 25.6. The lowest BCUT2D eigenvalue weighted by Gasteiger charge is -2.32. The summed E-state index contributed by atoms with van der Waals surface area (Å²) in [4.78, 5) is 31.5. The number of fused-ring (bicyclic) bond motifs is 2. The van der Waals surface area contributed by atoms with E-state index < -0.39 is 31.7 Å². The van der Waals surface area contributed by atoms with Crippen molar-refractivity contribution in [3.63, 3.8) is 0 Å². The van der Waals surface area contributed by atoms with Gasteiger partial charge in [-0.3, -0.25) is 0 Å². The Hall–Kier alpha value is -5.64. The van der Waals surface area contributed by atoms with E-state index in [0.29, 0.717) is 83.4 Å². The summed E-state index contributed by atoms with van der Waals surface area (Å²) in [5.74, 6) is -0.207. The molecule has 1 saturated carbocycles. The first-order valence-electron chi connectivity index (χ1n) is 21.8. The second-order valence-corrected chi connectivity index (χ2v) is 21.7. The van der Waals surface area contributed by atoms with Gasteiger partial charge in [0, 0.05) is 91.4 Å². The number of aromatic amines is 2. The van der Waals surface area contributed by atoms with Crippen LogP contribution in [0.25, 0.3) is 50.9 Å². The summed E-state index contributed by atoms with van der Waals surface area (Å²) in [6, 6.07) is 12.8. The van der Waals surface area contributed by atoms with Crippen LogP contribution in [0.15, 0.2) is 85.1 Å². The van der Waals surface area contributed by atoms with Crippen LogP contribution in [0.5, 0.6) is 0 Å². The van der Waals surface area contributed by atoms with Gasteiger partial charge < -0.3 is 20.6 Å². The van der Waals surface area contributed by atoms with Crippen LogP contribution in [0.1, 0.15) is 44.1 Å². The number of halogens is 4. The lowest BCUT2D eigenvalue weighted by molar-refractivity contribution is 0.274. The van der Waals surface area contributed by atoms with Crippen molar-refractivity contribution in [2.24, 2.45) is 11.8 Å². The van der Waals surface area contributed by atoms with Gasteiger partial charge in [0.1, 0.15) is 11.3 Å². The Morgan fingerprint density at radius 1 is 0.687 bits per heavy atom. The fraction of sp³-hybridized carbons (Fsp3) is 0.333. The van der Waals surface area contributed by atoms with Gasteiger partial charge in [-0.1, -0.05) is 53.5 Å². The molecule has 16 nitrogen and oxygen atoms in total. The molecular formula is C45H46Cl2F2N12O4S2. The Morgan fingerprint density at radius 3 is 1.72 bits per heavy atom. The number of hydrogen-bond acceptors (Lipinski definition) is 12. The number of benzene rings is 1. The molecule has 10 rings (SSSR count). The van der Waals surface area contributed by atoms with E-state index in [2.05, 4.69) is 50.5 Å². The summed E-state index contributed by atoms with van der Waals surface area (Å²) in [5, 5.41) is 9.59. The number of sulfonamides is 2. The molecule has 3 fully saturated rings. The maximum absolute atomic E-state index is 14.5. The van der Waals surface area contributed by atoms with E-state index in [1.54, 1.807) is 41.1 Å². The number of H-pyrrole nitrogens is 2. The van der Waals surface area contributed by atoms with Crippen molar-refractivity contribution < 1.29 is 25.6 Å². The lowest BCUT2D eigenvalue weighted by Crippen LogP contribution is -2.43. The van der Waals surface area contributed by atoms with Crippen molar-refractivity contribution in [1.29, 1.82) is 0 Å². The number of pyridine rings is 2. The van der Waals surface area contributed by atoms with Crippen LogP contribution in [0.2, 0.25) is 10.0 Å². The molecule has 0 spiro atoms. The third-order valence-electron chi connectivity index (χ3n) is 11.9. The number of rotatable bonds is 13. The van der Waals surface area contributed by atoms with Crippen molar-refractivity contribution in [2.75, 3.05) is 49.9 Å². The molecule has 0 radical (unpaired) electrons. The zero-order valence-electron chi connectivity index (χ0n) is 35.9. The van der Waals surface area contributed by atoms with Crippen LogP contribution in [0.3, 0.4) is 0 Å². The quantitative estimate of drug-likeness (QED) is 0.0860. The van der Waals surface area contributed by atoms with Crippen LogP contribution >= 0.6 is 23.2 Å². The minimum Gasteiger partial charge on any atom is -0.367 e. The van der Waals surface area contributed by atoms with Gasteiger partial charge >= 0.3 is 0 Å². The molecule has 350 valence electrons. The Bertz CT molecular complexity index is 3160. The molecule has 6 aromatic heterocycles. The minimum absolute atomic E-state index is 0.00700. The average Bonchev–Trinajstić information content (AvgIpc) is 4.01. The van der Waals surface area contributed by atoms with Crippen molar-refractivity contribution in [3.8, 4) is 22.8 Å². The molecule has 7 aromatic rings. The molecule has 2 aliphatic heterocycles. The second-order valence-electron chi connectivity index (χ2n) is 16.8. The molecule has 2 saturated heterocycles. The normalized spacial score (nSPS) is 18.6. The molecule has 1 aliphatic carbocycles. The monoisotopic (exact) mass is 990 g/mol. The predicted molar refractivity (Wildman–Crippen MR) is 256 cm³/mol. The van der Waals surface area contributed by atoms with Crippen molar-refractivity contribution >= 4 is 83.0 Å². The number of aromatic nitrogens is 8. The molecule has 3 aliphatic rings. The predicted octanol–water partition coefficient (Wildman–Crippen LogP) is 8.37. The molecule has 67 heavy (non-hydrogen) atoms. The topological polar surface area (TPSA) is 208 Å². The molecule has 8 heterocycles. The fourth-order valence-electron chi connectivity index (χ4n) is 8.29. The van der Waals surface area contributed by atoms with Crippen molar-refractivity contribution in [1.82, 2.24) is 48.5 Å². The number of piperidine rings is 2. The van der Waals surface area contributed by atoms with Crippen LogP contribution in [-0.4, -0.2) is 110 Å². The number of anilines is 2. The zero-order chi connectivity index (χ0) is 46.7. The minimum atomic E-state index is -3.56. The highest BCUT2D eigenvalue weighted by Gasteiger charge is 2.41. The third-order valence-corrected chi connectivity index (χ3v) is 16.3. The Labute approximate surface area is 395 Å². The summed E-state index contributed by atoms with van der Waals surface area (Å²) in [6.07, 6.45) is 15.1. The highest BCUT2D eigenvalue weighted by Crippen LogP contribution is 2.34. The van der Waals surface area contributed by atoms with Gasteiger partial charge in [-0.15, -0.1) is 0 Å². The lowest BCUT2D eigenvalue weighted by atomic mass is 10.00.